The Morgan fingerprint density at radius 1 is 0.805 bits per heavy atom. The zero-order valence-corrected chi connectivity index (χ0v) is 24.6. The Labute approximate surface area is 257 Å². The number of nitrogens with one attached hydrogen (secondary N) is 1. The van der Waals surface area contributed by atoms with Crippen LogP contribution in [-0.4, -0.2) is 48.0 Å². The highest BCUT2D eigenvalue weighted by Crippen LogP contribution is 2.44. The van der Waals surface area contributed by atoms with E-state index in [1.165, 1.54) is 4.90 Å². The number of aromatic nitrogens is 1. The summed E-state index contributed by atoms with van der Waals surface area (Å²) >= 11 is 25.7. The predicted molar refractivity (Wildman–Crippen MR) is 165 cm³/mol. The first-order valence-corrected chi connectivity index (χ1v) is 14.4. The molecule has 0 unspecified atom stereocenters. The maximum absolute atomic E-state index is 14.0. The number of urea groups is 1. The van der Waals surface area contributed by atoms with Crippen molar-refractivity contribution >= 4 is 75.5 Å². The third-order valence-electron chi connectivity index (χ3n) is 7.26. The molecule has 1 saturated heterocycles. The predicted octanol–water partition coefficient (Wildman–Crippen LogP) is 7.69. The SMILES string of the molecule is O=C(c1cc(-c2ccccc2Cl)c2c(c1)N(c1c(Cl)cccc1Cl)C(=O)NC2)N1CCN(c2ccc(Cl)cn2)CC1. The van der Waals surface area contributed by atoms with Crippen molar-refractivity contribution in [2.24, 2.45) is 0 Å². The molecule has 7 nitrogen and oxygen atoms in total. The van der Waals surface area contributed by atoms with Crippen LogP contribution in [0.4, 0.5) is 22.0 Å². The van der Waals surface area contributed by atoms with Crippen LogP contribution in [0.1, 0.15) is 15.9 Å². The Kier molecular flexibility index (Phi) is 7.70. The highest BCUT2D eigenvalue weighted by Gasteiger charge is 2.33. The minimum Gasteiger partial charge on any atom is -0.353 e. The Balaban J connectivity index is 1.41. The number of hydrogen-bond donors (Lipinski definition) is 1. The molecule has 1 N–H and O–H groups in total. The number of hydrogen-bond acceptors (Lipinski definition) is 4. The Morgan fingerprint density at radius 2 is 1.51 bits per heavy atom. The van der Waals surface area contributed by atoms with Crippen LogP contribution in [0.15, 0.2) is 72.9 Å². The third kappa shape index (κ3) is 5.31. The lowest BCUT2D eigenvalue weighted by molar-refractivity contribution is 0.0746. The normalized spacial score (nSPS) is 15.0. The fourth-order valence-corrected chi connectivity index (χ4v) is 6.15. The van der Waals surface area contributed by atoms with Crippen molar-refractivity contribution in [1.29, 1.82) is 0 Å². The van der Waals surface area contributed by atoms with Gasteiger partial charge in [-0.15, -0.1) is 0 Å². The molecule has 3 heterocycles. The number of carbonyl (C=O) groups is 2. The molecule has 0 saturated carbocycles. The molecule has 6 rings (SSSR count). The van der Waals surface area contributed by atoms with E-state index in [9.17, 15) is 9.59 Å². The molecule has 41 heavy (non-hydrogen) atoms. The fourth-order valence-electron chi connectivity index (χ4n) is 5.24. The molecule has 2 aliphatic rings. The van der Waals surface area contributed by atoms with Crippen LogP contribution in [0.2, 0.25) is 20.1 Å². The van der Waals surface area contributed by atoms with Crippen LogP contribution in [0.3, 0.4) is 0 Å². The van der Waals surface area contributed by atoms with Gasteiger partial charge < -0.3 is 15.1 Å². The average molecular weight is 627 g/mol. The van der Waals surface area contributed by atoms with Crippen molar-refractivity contribution in [2.75, 3.05) is 36.0 Å². The first-order valence-electron chi connectivity index (χ1n) is 12.9. The molecule has 4 aromatic rings. The minimum absolute atomic E-state index is 0.152. The van der Waals surface area contributed by atoms with E-state index in [2.05, 4.69) is 15.2 Å². The van der Waals surface area contributed by atoms with E-state index in [0.29, 0.717) is 63.2 Å². The summed E-state index contributed by atoms with van der Waals surface area (Å²) in [5, 5.41) is 4.64. The monoisotopic (exact) mass is 625 g/mol. The first-order chi connectivity index (χ1) is 19.8. The highest BCUT2D eigenvalue weighted by atomic mass is 35.5. The summed E-state index contributed by atoms with van der Waals surface area (Å²) < 4.78 is 0. The fraction of sp³-hybridized carbons (Fsp3) is 0.167. The molecule has 0 radical (unpaired) electrons. The molecule has 0 spiro atoms. The lowest BCUT2D eigenvalue weighted by Gasteiger charge is -2.36. The van der Waals surface area contributed by atoms with Crippen LogP contribution in [-0.2, 0) is 6.54 Å². The molecule has 3 amide bonds. The van der Waals surface area contributed by atoms with Crippen LogP contribution in [0, 0.1) is 0 Å². The zero-order chi connectivity index (χ0) is 28.7. The minimum atomic E-state index is -0.397. The number of anilines is 3. The summed E-state index contributed by atoms with van der Waals surface area (Å²) in [5.41, 5.74) is 3.58. The maximum Gasteiger partial charge on any atom is 0.326 e. The van der Waals surface area contributed by atoms with Gasteiger partial charge in [0, 0.05) is 60.6 Å². The molecule has 0 atom stereocenters. The van der Waals surface area contributed by atoms with Gasteiger partial charge in [0.15, 0.2) is 0 Å². The van der Waals surface area contributed by atoms with E-state index in [-0.39, 0.29) is 12.5 Å². The molecule has 2 aliphatic heterocycles. The largest absolute Gasteiger partial charge is 0.353 e. The summed E-state index contributed by atoms with van der Waals surface area (Å²) in [7, 11) is 0. The topological polar surface area (TPSA) is 68.8 Å². The standard InChI is InChI=1S/C30H23Cl4N5O2/c31-19-8-9-27(35-16-19)37-10-12-38(13-11-37)29(40)18-14-21(20-4-1-2-5-23(20)32)22-17-36-30(41)39(26(22)15-18)28-24(33)6-3-7-25(28)34/h1-9,14-16H,10-13,17H2,(H,36,41). The molecule has 208 valence electrons. The summed E-state index contributed by atoms with van der Waals surface area (Å²) in [6.07, 6.45) is 1.62. The molecule has 0 bridgehead atoms. The van der Waals surface area contributed by atoms with Crippen molar-refractivity contribution in [2.45, 2.75) is 6.54 Å². The zero-order valence-electron chi connectivity index (χ0n) is 21.6. The summed E-state index contributed by atoms with van der Waals surface area (Å²) in [6.45, 7) is 2.48. The summed E-state index contributed by atoms with van der Waals surface area (Å²) in [4.78, 5) is 37.0. The van der Waals surface area contributed by atoms with E-state index in [0.717, 1.165) is 22.5 Å². The van der Waals surface area contributed by atoms with Gasteiger partial charge >= 0.3 is 6.03 Å². The van der Waals surface area contributed by atoms with Gasteiger partial charge in [0.05, 0.1) is 26.4 Å². The van der Waals surface area contributed by atoms with Gasteiger partial charge in [-0.1, -0.05) is 70.7 Å². The van der Waals surface area contributed by atoms with Crippen molar-refractivity contribution in [3.8, 4) is 11.1 Å². The van der Waals surface area contributed by atoms with Crippen LogP contribution in [0.5, 0.6) is 0 Å². The number of para-hydroxylation sites is 1. The Morgan fingerprint density at radius 3 is 2.20 bits per heavy atom. The van der Waals surface area contributed by atoms with Gasteiger partial charge in [-0.3, -0.25) is 9.69 Å². The third-order valence-corrected chi connectivity index (χ3v) is 8.42. The number of fused-ring (bicyclic) bond motifs is 1. The number of pyridine rings is 1. The van der Waals surface area contributed by atoms with Gasteiger partial charge in [0.2, 0.25) is 0 Å². The summed E-state index contributed by atoms with van der Waals surface area (Å²) in [6, 6.07) is 19.3. The van der Waals surface area contributed by atoms with Crippen molar-refractivity contribution in [1.82, 2.24) is 15.2 Å². The number of rotatable bonds is 4. The van der Waals surface area contributed by atoms with Crippen molar-refractivity contribution < 1.29 is 9.59 Å². The maximum atomic E-state index is 14.0. The molecule has 1 fully saturated rings. The smallest absolute Gasteiger partial charge is 0.326 e. The van der Waals surface area contributed by atoms with Gasteiger partial charge in [-0.25, -0.2) is 9.78 Å². The van der Waals surface area contributed by atoms with Gasteiger partial charge in [-0.05, 0) is 48.0 Å². The van der Waals surface area contributed by atoms with Gasteiger partial charge in [0.25, 0.3) is 5.91 Å². The molecule has 1 aromatic heterocycles. The summed E-state index contributed by atoms with van der Waals surface area (Å²) in [5.74, 6) is 0.663. The number of piperazine rings is 1. The molecular weight excluding hydrogens is 604 g/mol. The second kappa shape index (κ2) is 11.4. The lowest BCUT2D eigenvalue weighted by Crippen LogP contribution is -2.49. The number of carbonyl (C=O) groups excluding carboxylic acids is 2. The van der Waals surface area contributed by atoms with E-state index >= 15 is 0 Å². The van der Waals surface area contributed by atoms with E-state index in [1.807, 2.05) is 30.3 Å². The van der Waals surface area contributed by atoms with Crippen LogP contribution >= 0.6 is 46.4 Å². The molecule has 11 heteroatoms. The van der Waals surface area contributed by atoms with Crippen LogP contribution in [0.25, 0.3) is 11.1 Å². The lowest BCUT2D eigenvalue weighted by atomic mass is 9.93. The van der Waals surface area contributed by atoms with Gasteiger partial charge in [-0.2, -0.15) is 0 Å². The average Bonchev–Trinajstić information content (AvgIpc) is 2.98. The number of nitrogens with zero attached hydrogens (tertiary/aromatic N) is 4. The highest BCUT2D eigenvalue weighted by molar-refractivity contribution is 6.40. The second-order valence-electron chi connectivity index (χ2n) is 9.68. The quantitative estimate of drug-likeness (QED) is 0.252. The number of benzene rings is 3. The Bertz CT molecular complexity index is 1640. The molecule has 3 aromatic carbocycles. The van der Waals surface area contributed by atoms with E-state index in [1.54, 1.807) is 47.5 Å². The van der Waals surface area contributed by atoms with Gasteiger partial charge in [0.1, 0.15) is 5.82 Å². The second-order valence-corrected chi connectivity index (χ2v) is 11.3. The van der Waals surface area contributed by atoms with E-state index < -0.39 is 6.03 Å². The van der Waals surface area contributed by atoms with Crippen molar-refractivity contribution in [3.05, 3.63) is 104 Å². The Hall–Kier alpha value is -3.49. The van der Waals surface area contributed by atoms with Crippen LogP contribution < -0.4 is 15.1 Å². The number of amides is 3. The van der Waals surface area contributed by atoms with Crippen molar-refractivity contribution in [3.63, 3.8) is 0 Å². The number of halogens is 4. The molecular formula is C30H23Cl4N5O2. The first kappa shape index (κ1) is 27.7. The molecule has 0 aliphatic carbocycles. The van der Waals surface area contributed by atoms with E-state index in [4.69, 9.17) is 46.4 Å².